The van der Waals surface area contributed by atoms with E-state index in [2.05, 4.69) is 19.9 Å². The van der Waals surface area contributed by atoms with Crippen molar-refractivity contribution >= 4 is 17.7 Å². The number of carbonyl (C=O) groups excluding carboxylic acids is 3. The third-order valence-electron chi connectivity index (χ3n) is 6.36. The largest absolute Gasteiger partial charge is 0.451 e. The molecule has 210 valence electrons. The van der Waals surface area contributed by atoms with Crippen LogP contribution in [0.4, 0.5) is 22.0 Å². The number of alkyl halides is 3. The first-order valence-electron chi connectivity index (χ1n) is 11.9. The van der Waals surface area contributed by atoms with Crippen molar-refractivity contribution in [3.63, 3.8) is 0 Å². The molecule has 0 bridgehead atoms. The van der Waals surface area contributed by atoms with Crippen molar-refractivity contribution in [2.75, 3.05) is 13.1 Å². The first kappa shape index (κ1) is 28.6. The zero-order valence-corrected chi connectivity index (χ0v) is 21.0. The first-order valence-corrected chi connectivity index (χ1v) is 11.9. The summed E-state index contributed by atoms with van der Waals surface area (Å²) in [7, 11) is 0. The highest BCUT2D eigenvalue weighted by molar-refractivity contribution is 6.09. The van der Waals surface area contributed by atoms with Crippen molar-refractivity contribution in [2.45, 2.75) is 38.3 Å². The molecule has 1 aromatic carbocycles. The number of nitrogens with zero attached hydrogens (tertiary/aromatic N) is 6. The fourth-order valence-electron chi connectivity index (χ4n) is 4.29. The highest BCUT2D eigenvalue weighted by Crippen LogP contribution is 2.30. The van der Waals surface area contributed by atoms with Crippen LogP contribution in [0.15, 0.2) is 36.7 Å². The number of piperidine rings is 1. The molecule has 0 spiro atoms. The molecule has 1 aliphatic rings. The fourth-order valence-corrected chi connectivity index (χ4v) is 4.29. The van der Waals surface area contributed by atoms with Crippen LogP contribution in [0.1, 0.15) is 62.5 Å². The summed E-state index contributed by atoms with van der Waals surface area (Å²) >= 11 is 0. The number of hydrogen-bond acceptors (Lipinski definition) is 8. The number of rotatable bonds is 5. The number of benzene rings is 1. The molecule has 0 saturated carbocycles. The summed E-state index contributed by atoms with van der Waals surface area (Å²) in [4.78, 5) is 54.6. The molecule has 15 heteroatoms. The zero-order chi connectivity index (χ0) is 29.2. The maximum absolute atomic E-state index is 14.0. The second-order valence-electron chi connectivity index (χ2n) is 8.99. The standard InChI is InChI=1S/C25H22F5N7O3/c1-13-33-12-16(22(39)37(31)23(40)19-5-8-32-24(35-19)25(28,29)30)21(34-13)14-6-9-36(10-7-14)20(38)11-15-17(26)3-2-4-18(15)27/h2-5,8,12,14H,6-7,9-11,31H2,1H3. The van der Waals surface area contributed by atoms with Gasteiger partial charge in [-0.15, -0.1) is 0 Å². The lowest BCUT2D eigenvalue weighted by Gasteiger charge is -2.32. The minimum Gasteiger partial charge on any atom is -0.342 e. The van der Waals surface area contributed by atoms with Gasteiger partial charge < -0.3 is 4.90 Å². The SMILES string of the molecule is Cc1ncc(C(=O)N(N)C(=O)c2ccnc(C(F)(F)F)n2)c(C2CCN(C(=O)Cc3c(F)cccc3F)CC2)n1. The number of likely N-dealkylation sites (tertiary alicyclic amines) is 1. The third-order valence-corrected chi connectivity index (χ3v) is 6.36. The van der Waals surface area contributed by atoms with Crippen LogP contribution in [0.2, 0.25) is 0 Å². The van der Waals surface area contributed by atoms with E-state index >= 15 is 0 Å². The molecule has 0 unspecified atom stereocenters. The predicted octanol–water partition coefficient (Wildman–Crippen LogP) is 2.98. The van der Waals surface area contributed by atoms with Crippen molar-refractivity contribution in [3.05, 3.63) is 82.5 Å². The molecular weight excluding hydrogens is 541 g/mol. The van der Waals surface area contributed by atoms with Gasteiger partial charge in [-0.05, 0) is 38.0 Å². The Morgan fingerprint density at radius 2 is 1.68 bits per heavy atom. The lowest BCUT2D eigenvalue weighted by molar-refractivity contribution is -0.145. The van der Waals surface area contributed by atoms with E-state index in [1.165, 1.54) is 11.0 Å². The quantitative estimate of drug-likeness (QED) is 0.165. The number of halogens is 5. The zero-order valence-electron chi connectivity index (χ0n) is 21.0. The predicted molar refractivity (Wildman–Crippen MR) is 127 cm³/mol. The number of imide groups is 1. The van der Waals surface area contributed by atoms with Crippen LogP contribution in [0.3, 0.4) is 0 Å². The van der Waals surface area contributed by atoms with E-state index in [0.29, 0.717) is 18.7 Å². The Morgan fingerprint density at radius 1 is 1.02 bits per heavy atom. The molecule has 1 fully saturated rings. The highest BCUT2D eigenvalue weighted by atomic mass is 19.4. The maximum atomic E-state index is 14.0. The summed E-state index contributed by atoms with van der Waals surface area (Å²) in [5.74, 6) is -0.424. The van der Waals surface area contributed by atoms with Gasteiger partial charge in [-0.2, -0.15) is 13.2 Å². The molecule has 40 heavy (non-hydrogen) atoms. The number of hydrogen-bond donors (Lipinski definition) is 1. The lowest BCUT2D eigenvalue weighted by atomic mass is 9.90. The minimum absolute atomic E-state index is 0.127. The van der Waals surface area contributed by atoms with E-state index in [0.717, 1.165) is 30.6 Å². The Bertz CT molecular complexity index is 1440. The van der Waals surface area contributed by atoms with Gasteiger partial charge in [0.05, 0.1) is 17.7 Å². The van der Waals surface area contributed by atoms with Gasteiger partial charge in [0.15, 0.2) is 0 Å². The molecule has 2 aromatic heterocycles. The van der Waals surface area contributed by atoms with E-state index in [9.17, 15) is 36.3 Å². The van der Waals surface area contributed by atoms with E-state index < -0.39 is 53.5 Å². The van der Waals surface area contributed by atoms with Crippen LogP contribution in [-0.4, -0.2) is 60.7 Å². The molecule has 1 saturated heterocycles. The topological polar surface area (TPSA) is 135 Å². The van der Waals surface area contributed by atoms with Gasteiger partial charge in [0, 0.05) is 37.0 Å². The average molecular weight is 563 g/mol. The van der Waals surface area contributed by atoms with Gasteiger partial charge in [0.25, 0.3) is 11.8 Å². The summed E-state index contributed by atoms with van der Waals surface area (Å²) in [5, 5.41) is 0.127. The van der Waals surface area contributed by atoms with Gasteiger partial charge >= 0.3 is 6.18 Å². The highest BCUT2D eigenvalue weighted by Gasteiger charge is 2.36. The summed E-state index contributed by atoms with van der Waals surface area (Å²) in [6.45, 7) is 1.97. The Hall–Kier alpha value is -4.40. The number of carbonyl (C=O) groups is 3. The van der Waals surface area contributed by atoms with Crippen LogP contribution >= 0.6 is 0 Å². The van der Waals surface area contributed by atoms with Crippen LogP contribution in [0, 0.1) is 18.6 Å². The van der Waals surface area contributed by atoms with Gasteiger partial charge in [-0.1, -0.05) is 6.07 Å². The van der Waals surface area contributed by atoms with E-state index in [1.807, 2.05) is 0 Å². The Labute approximate surface area is 224 Å². The number of nitrogens with two attached hydrogens (primary N) is 1. The fraction of sp³-hybridized carbons (Fsp3) is 0.320. The smallest absolute Gasteiger partial charge is 0.342 e. The van der Waals surface area contributed by atoms with E-state index in [-0.39, 0.29) is 40.8 Å². The molecular formula is C25H22F5N7O3. The minimum atomic E-state index is -4.92. The van der Waals surface area contributed by atoms with Crippen LogP contribution in [0.25, 0.3) is 0 Å². The molecule has 0 atom stereocenters. The molecule has 3 heterocycles. The van der Waals surface area contributed by atoms with Gasteiger partial charge in [0.1, 0.15) is 23.2 Å². The van der Waals surface area contributed by atoms with Crippen molar-refractivity contribution in [1.82, 2.24) is 29.8 Å². The van der Waals surface area contributed by atoms with Crippen molar-refractivity contribution in [2.24, 2.45) is 5.84 Å². The van der Waals surface area contributed by atoms with Crippen LogP contribution < -0.4 is 5.84 Å². The van der Waals surface area contributed by atoms with Crippen molar-refractivity contribution in [3.8, 4) is 0 Å². The number of amides is 3. The molecule has 3 aromatic rings. The van der Waals surface area contributed by atoms with Gasteiger partial charge in [-0.3, -0.25) is 14.4 Å². The molecule has 0 radical (unpaired) electrons. The monoisotopic (exact) mass is 563 g/mol. The molecule has 2 N–H and O–H groups in total. The molecule has 1 aliphatic heterocycles. The first-order chi connectivity index (χ1) is 18.9. The van der Waals surface area contributed by atoms with Gasteiger partial charge in [0.2, 0.25) is 11.7 Å². The maximum Gasteiger partial charge on any atom is 0.451 e. The third kappa shape index (κ3) is 6.09. The number of aryl methyl sites for hydroxylation is 1. The average Bonchev–Trinajstić information content (AvgIpc) is 2.93. The van der Waals surface area contributed by atoms with E-state index in [4.69, 9.17) is 5.84 Å². The number of aromatic nitrogens is 4. The summed E-state index contributed by atoms with van der Waals surface area (Å²) in [6, 6.07) is 4.23. The Morgan fingerprint density at radius 3 is 2.30 bits per heavy atom. The Kier molecular flexibility index (Phi) is 8.13. The van der Waals surface area contributed by atoms with E-state index in [1.54, 1.807) is 6.92 Å². The molecule has 0 aliphatic carbocycles. The second-order valence-corrected chi connectivity index (χ2v) is 8.99. The van der Waals surface area contributed by atoms with Gasteiger partial charge in [-0.25, -0.2) is 39.6 Å². The molecule has 3 amide bonds. The molecule has 4 rings (SSSR count). The Balaban J connectivity index is 1.49. The normalized spacial score (nSPS) is 14.2. The molecule has 10 nitrogen and oxygen atoms in total. The summed E-state index contributed by atoms with van der Waals surface area (Å²) in [5.41, 5.74) is -0.977. The van der Waals surface area contributed by atoms with Crippen LogP contribution in [0.5, 0.6) is 0 Å². The number of hydrazine groups is 1. The van der Waals surface area contributed by atoms with Crippen molar-refractivity contribution in [1.29, 1.82) is 0 Å². The second kappa shape index (κ2) is 11.4. The van der Waals surface area contributed by atoms with Crippen molar-refractivity contribution < 1.29 is 36.3 Å². The van der Waals surface area contributed by atoms with Crippen LogP contribution in [-0.2, 0) is 17.4 Å². The summed E-state index contributed by atoms with van der Waals surface area (Å²) < 4.78 is 66.8. The summed E-state index contributed by atoms with van der Waals surface area (Å²) in [6.07, 6.45) is -2.85. The lowest BCUT2D eigenvalue weighted by Crippen LogP contribution is -2.44.